The van der Waals surface area contributed by atoms with E-state index in [4.69, 9.17) is 4.42 Å². The number of hydrogen-bond acceptors (Lipinski definition) is 5. The predicted octanol–water partition coefficient (Wildman–Crippen LogP) is 0.870. The largest absolute Gasteiger partial charge is 0.467 e. The molecule has 3 rings (SSSR count). The summed E-state index contributed by atoms with van der Waals surface area (Å²) in [5.74, 6) is 1.28. The highest BCUT2D eigenvalue weighted by Gasteiger charge is 2.53. The number of carbonyl (C=O) groups is 1. The van der Waals surface area contributed by atoms with Gasteiger partial charge in [-0.3, -0.25) is 4.79 Å². The van der Waals surface area contributed by atoms with E-state index in [0.717, 1.165) is 0 Å². The van der Waals surface area contributed by atoms with Crippen molar-refractivity contribution in [1.29, 1.82) is 0 Å². The van der Waals surface area contributed by atoms with Crippen LogP contribution in [-0.4, -0.2) is 41.4 Å². The minimum Gasteiger partial charge on any atom is -0.467 e. The van der Waals surface area contributed by atoms with E-state index in [1.165, 1.54) is 11.8 Å². The molecule has 1 amide bonds. The Kier molecular flexibility index (Phi) is 2.71. The third-order valence-electron chi connectivity index (χ3n) is 3.40. The van der Waals surface area contributed by atoms with Gasteiger partial charge in [0, 0.05) is 0 Å². The van der Waals surface area contributed by atoms with Gasteiger partial charge in [-0.2, -0.15) is 0 Å². The Hall–Kier alpha value is -0.950. The average Bonchev–Trinajstić information content (AvgIpc) is 2.97. The van der Waals surface area contributed by atoms with E-state index in [1.807, 2.05) is 0 Å². The second-order valence-electron chi connectivity index (χ2n) is 4.64. The zero-order valence-electron chi connectivity index (χ0n) is 9.66. The Bertz CT molecular complexity index is 566. The van der Waals surface area contributed by atoms with Crippen LogP contribution in [0.4, 0.5) is 0 Å². The van der Waals surface area contributed by atoms with Crippen LogP contribution in [0, 0.1) is 0 Å². The van der Waals surface area contributed by atoms with Crippen LogP contribution < -0.4 is 0 Å². The van der Waals surface area contributed by atoms with Crippen LogP contribution in [0.5, 0.6) is 0 Å². The Labute approximate surface area is 109 Å². The molecule has 1 aromatic heterocycles. The van der Waals surface area contributed by atoms with Crippen LogP contribution in [0.2, 0.25) is 0 Å². The Morgan fingerprint density at radius 3 is 2.94 bits per heavy atom. The van der Waals surface area contributed by atoms with Crippen molar-refractivity contribution in [2.75, 3.05) is 17.3 Å². The quantitative estimate of drug-likeness (QED) is 0.807. The number of amides is 1. The average molecular weight is 287 g/mol. The van der Waals surface area contributed by atoms with Crippen LogP contribution in [-0.2, 0) is 21.2 Å². The Morgan fingerprint density at radius 1 is 1.50 bits per heavy atom. The lowest BCUT2D eigenvalue weighted by Crippen LogP contribution is -2.44. The monoisotopic (exact) mass is 287 g/mol. The molecular formula is C11H13NO4S2. The first kappa shape index (κ1) is 12.1. The van der Waals surface area contributed by atoms with E-state index in [0.29, 0.717) is 24.5 Å². The summed E-state index contributed by atoms with van der Waals surface area (Å²) in [4.78, 5) is 13.0. The lowest BCUT2D eigenvalue weighted by molar-refractivity contribution is -0.130. The molecule has 1 unspecified atom stereocenters. The molecule has 2 saturated heterocycles. The van der Waals surface area contributed by atoms with E-state index in [-0.39, 0.29) is 17.4 Å². The smallest absolute Gasteiger partial charge is 0.234 e. The van der Waals surface area contributed by atoms with Crippen LogP contribution in [0.1, 0.15) is 12.2 Å². The van der Waals surface area contributed by atoms with E-state index in [2.05, 4.69) is 0 Å². The number of rotatable bonds is 2. The Balaban J connectivity index is 1.88. The van der Waals surface area contributed by atoms with Crippen molar-refractivity contribution in [2.24, 2.45) is 0 Å². The second kappa shape index (κ2) is 4.03. The molecule has 18 heavy (non-hydrogen) atoms. The third-order valence-corrected chi connectivity index (χ3v) is 6.82. The first-order valence-corrected chi connectivity index (χ1v) is 8.49. The molecule has 3 heterocycles. The molecule has 0 N–H and O–H groups in total. The van der Waals surface area contributed by atoms with Crippen molar-refractivity contribution in [3.05, 3.63) is 24.2 Å². The number of carbonyl (C=O) groups excluding carboxylic acids is 1. The molecule has 98 valence electrons. The second-order valence-corrected chi connectivity index (χ2v) is 8.16. The van der Waals surface area contributed by atoms with E-state index in [9.17, 15) is 13.2 Å². The summed E-state index contributed by atoms with van der Waals surface area (Å²) in [5.41, 5.74) is 0. The number of thioether (sulfide) groups is 1. The lowest BCUT2D eigenvalue weighted by atomic mass is 10.2. The zero-order valence-corrected chi connectivity index (χ0v) is 11.3. The highest BCUT2D eigenvalue weighted by atomic mass is 32.2. The van der Waals surface area contributed by atoms with Gasteiger partial charge >= 0.3 is 0 Å². The molecule has 2 aliphatic rings. The fourth-order valence-corrected chi connectivity index (χ4v) is 6.40. The Morgan fingerprint density at radius 2 is 2.33 bits per heavy atom. The standard InChI is InChI=1S/C11H13NO4S2/c13-10-7-17-11(3-5-18(14,15)8-11)12(10)6-9-2-1-4-16-9/h1-2,4H,3,5-8H2. The summed E-state index contributed by atoms with van der Waals surface area (Å²) < 4.78 is 28.6. The number of sulfone groups is 1. The normalized spacial score (nSPS) is 30.4. The molecule has 7 heteroatoms. The molecule has 0 bridgehead atoms. The minimum absolute atomic E-state index is 0.00602. The summed E-state index contributed by atoms with van der Waals surface area (Å²) in [7, 11) is -3.02. The molecule has 2 aliphatic heterocycles. The molecule has 1 aromatic rings. The molecule has 1 atom stereocenters. The number of furan rings is 1. The van der Waals surface area contributed by atoms with Gasteiger partial charge in [-0.05, 0) is 18.6 Å². The van der Waals surface area contributed by atoms with Crippen LogP contribution in [0.25, 0.3) is 0 Å². The first-order valence-electron chi connectivity index (χ1n) is 5.68. The summed E-state index contributed by atoms with van der Waals surface area (Å²) in [6.07, 6.45) is 2.08. The predicted molar refractivity (Wildman–Crippen MR) is 67.7 cm³/mol. The molecule has 0 saturated carbocycles. The van der Waals surface area contributed by atoms with Gasteiger partial charge in [0.15, 0.2) is 9.84 Å². The lowest BCUT2D eigenvalue weighted by Gasteiger charge is -2.32. The van der Waals surface area contributed by atoms with Gasteiger partial charge in [-0.1, -0.05) is 0 Å². The molecule has 5 nitrogen and oxygen atoms in total. The minimum atomic E-state index is -3.02. The maximum Gasteiger partial charge on any atom is 0.234 e. The van der Waals surface area contributed by atoms with Crippen molar-refractivity contribution in [3.8, 4) is 0 Å². The van der Waals surface area contributed by atoms with Crippen molar-refractivity contribution < 1.29 is 17.6 Å². The van der Waals surface area contributed by atoms with E-state index in [1.54, 1.807) is 23.3 Å². The molecule has 0 radical (unpaired) electrons. The van der Waals surface area contributed by atoms with Gasteiger partial charge in [-0.25, -0.2) is 8.42 Å². The van der Waals surface area contributed by atoms with Crippen molar-refractivity contribution >= 4 is 27.5 Å². The summed E-state index contributed by atoms with van der Waals surface area (Å²) in [6.45, 7) is 0.356. The van der Waals surface area contributed by atoms with Crippen molar-refractivity contribution in [3.63, 3.8) is 0 Å². The maximum atomic E-state index is 11.9. The molecule has 1 spiro atoms. The highest BCUT2D eigenvalue weighted by Crippen LogP contribution is 2.45. The van der Waals surface area contributed by atoms with Crippen molar-refractivity contribution in [1.82, 2.24) is 4.90 Å². The zero-order chi connectivity index (χ0) is 12.8. The number of nitrogens with zero attached hydrogens (tertiary/aromatic N) is 1. The van der Waals surface area contributed by atoms with Crippen molar-refractivity contribution in [2.45, 2.75) is 17.8 Å². The van der Waals surface area contributed by atoms with Gasteiger partial charge in [0.2, 0.25) is 5.91 Å². The summed E-state index contributed by atoms with van der Waals surface area (Å²) >= 11 is 1.45. The first-order chi connectivity index (χ1) is 8.51. The molecule has 0 aliphatic carbocycles. The molecular weight excluding hydrogens is 274 g/mol. The molecule has 2 fully saturated rings. The summed E-state index contributed by atoms with van der Waals surface area (Å²) in [6, 6.07) is 3.56. The van der Waals surface area contributed by atoms with E-state index >= 15 is 0 Å². The fourth-order valence-electron chi connectivity index (χ4n) is 2.50. The third kappa shape index (κ3) is 1.95. The van der Waals surface area contributed by atoms with Gasteiger partial charge in [0.1, 0.15) is 10.6 Å². The number of hydrogen-bond donors (Lipinski definition) is 0. The maximum absolute atomic E-state index is 11.9. The van der Waals surface area contributed by atoms with Crippen LogP contribution >= 0.6 is 11.8 Å². The highest BCUT2D eigenvalue weighted by molar-refractivity contribution is 8.03. The van der Waals surface area contributed by atoms with E-state index < -0.39 is 14.7 Å². The van der Waals surface area contributed by atoms with Gasteiger partial charge < -0.3 is 9.32 Å². The topological polar surface area (TPSA) is 67.6 Å². The van der Waals surface area contributed by atoms with Crippen LogP contribution in [0.3, 0.4) is 0 Å². The fraction of sp³-hybridized carbons (Fsp3) is 0.545. The summed E-state index contributed by atoms with van der Waals surface area (Å²) in [5, 5.41) is 0. The molecule has 0 aromatic carbocycles. The van der Waals surface area contributed by atoms with Gasteiger partial charge in [-0.15, -0.1) is 11.8 Å². The SMILES string of the molecule is O=C1CSC2(CCS(=O)(=O)C2)N1Cc1ccco1. The van der Waals surface area contributed by atoms with Gasteiger partial charge in [0.25, 0.3) is 0 Å². The van der Waals surface area contributed by atoms with Crippen LogP contribution in [0.15, 0.2) is 22.8 Å². The van der Waals surface area contributed by atoms with Gasteiger partial charge in [0.05, 0.1) is 30.1 Å².